The number of hydrogen-bond donors (Lipinski definition) is 1. The Morgan fingerprint density at radius 2 is 1.85 bits per heavy atom. The first kappa shape index (κ1) is 17.9. The summed E-state index contributed by atoms with van der Waals surface area (Å²) in [5, 5.41) is 2.76. The van der Waals surface area contributed by atoms with E-state index < -0.39 is 35.9 Å². The third kappa shape index (κ3) is 2.91. The smallest absolute Gasteiger partial charge is 0.396 e. The molecule has 8 nitrogen and oxygen atoms in total. The molecule has 0 aromatic heterocycles. The Labute approximate surface area is 151 Å². The van der Waals surface area contributed by atoms with Crippen LogP contribution in [0, 0.1) is 0 Å². The highest BCUT2D eigenvalue weighted by atomic mass is 16.5. The summed E-state index contributed by atoms with van der Waals surface area (Å²) in [6.45, 7) is 4.30. The lowest BCUT2D eigenvalue weighted by Gasteiger charge is -2.36. The Morgan fingerprint density at radius 1 is 1.19 bits per heavy atom. The van der Waals surface area contributed by atoms with Crippen molar-refractivity contribution in [3.8, 4) is 0 Å². The van der Waals surface area contributed by atoms with E-state index in [-0.39, 0.29) is 6.54 Å². The average molecular weight is 359 g/mol. The minimum atomic E-state index is -1.02. The number of fused-ring (bicyclic) bond motifs is 1. The maximum atomic E-state index is 13.0. The van der Waals surface area contributed by atoms with Gasteiger partial charge in [-0.1, -0.05) is 26.0 Å². The maximum absolute atomic E-state index is 13.0. The first-order valence-electron chi connectivity index (χ1n) is 8.48. The van der Waals surface area contributed by atoms with Gasteiger partial charge < -0.3 is 15.0 Å². The number of carbonyl (C=O) groups is 4. The van der Waals surface area contributed by atoms with Crippen LogP contribution in [0.5, 0.6) is 0 Å². The molecule has 2 aliphatic heterocycles. The van der Waals surface area contributed by atoms with Crippen molar-refractivity contribution in [3.05, 3.63) is 29.8 Å². The van der Waals surface area contributed by atoms with Crippen molar-refractivity contribution >= 4 is 29.5 Å². The SMILES string of the molecule is COC(=O)C(=O)N1CC[C@H]2NC(=O)N(c3ccc(C(C)C)cc3)C(=O)[C@@H]21. The highest BCUT2D eigenvalue weighted by molar-refractivity contribution is 6.33. The van der Waals surface area contributed by atoms with E-state index in [0.29, 0.717) is 18.0 Å². The van der Waals surface area contributed by atoms with E-state index in [4.69, 9.17) is 0 Å². The molecule has 2 saturated heterocycles. The Balaban J connectivity index is 1.89. The Bertz CT molecular complexity index is 759. The number of urea groups is 1. The number of anilines is 1. The number of methoxy groups -OCH3 is 1. The molecular weight excluding hydrogens is 338 g/mol. The van der Waals surface area contributed by atoms with Crippen LogP contribution < -0.4 is 10.2 Å². The van der Waals surface area contributed by atoms with Crippen LogP contribution in [-0.2, 0) is 19.1 Å². The molecule has 0 radical (unpaired) electrons. The summed E-state index contributed by atoms with van der Waals surface area (Å²) in [5.74, 6) is -2.10. The van der Waals surface area contributed by atoms with Crippen molar-refractivity contribution in [3.63, 3.8) is 0 Å². The van der Waals surface area contributed by atoms with Gasteiger partial charge in [-0.15, -0.1) is 0 Å². The monoisotopic (exact) mass is 359 g/mol. The molecule has 0 spiro atoms. The van der Waals surface area contributed by atoms with Crippen LogP contribution in [-0.4, -0.2) is 54.5 Å². The molecule has 0 bridgehead atoms. The van der Waals surface area contributed by atoms with Crippen LogP contribution in [0.4, 0.5) is 10.5 Å². The number of hydrogen-bond acceptors (Lipinski definition) is 5. The van der Waals surface area contributed by atoms with Gasteiger partial charge in [0.25, 0.3) is 5.91 Å². The van der Waals surface area contributed by atoms with Gasteiger partial charge >= 0.3 is 17.9 Å². The van der Waals surface area contributed by atoms with Crippen molar-refractivity contribution in [2.24, 2.45) is 0 Å². The summed E-state index contributed by atoms with van der Waals surface area (Å²) < 4.78 is 4.47. The summed E-state index contributed by atoms with van der Waals surface area (Å²) in [6.07, 6.45) is 0.408. The fourth-order valence-electron chi connectivity index (χ4n) is 3.39. The van der Waals surface area contributed by atoms with Gasteiger partial charge in [0.05, 0.1) is 18.8 Å². The predicted molar refractivity (Wildman–Crippen MR) is 92.5 cm³/mol. The highest BCUT2D eigenvalue weighted by Gasteiger charge is 2.51. The summed E-state index contributed by atoms with van der Waals surface area (Å²) in [6, 6.07) is 5.18. The molecular formula is C18H21N3O5. The van der Waals surface area contributed by atoms with Crippen molar-refractivity contribution in [1.82, 2.24) is 10.2 Å². The van der Waals surface area contributed by atoms with Crippen molar-refractivity contribution in [2.75, 3.05) is 18.6 Å². The Kier molecular flexibility index (Phi) is 4.67. The molecule has 26 heavy (non-hydrogen) atoms. The van der Waals surface area contributed by atoms with E-state index in [1.165, 1.54) is 4.90 Å². The van der Waals surface area contributed by atoms with Crippen molar-refractivity contribution in [1.29, 1.82) is 0 Å². The molecule has 2 aliphatic rings. The van der Waals surface area contributed by atoms with Gasteiger partial charge in [0.15, 0.2) is 0 Å². The van der Waals surface area contributed by atoms with Crippen molar-refractivity contribution < 1.29 is 23.9 Å². The Morgan fingerprint density at radius 3 is 2.42 bits per heavy atom. The van der Waals surface area contributed by atoms with E-state index in [0.717, 1.165) is 17.6 Å². The van der Waals surface area contributed by atoms with E-state index in [9.17, 15) is 19.2 Å². The average Bonchev–Trinajstić information content (AvgIpc) is 3.04. The molecule has 8 heteroatoms. The third-order valence-corrected chi connectivity index (χ3v) is 4.82. The minimum Gasteiger partial charge on any atom is -0.462 e. The molecule has 0 unspecified atom stereocenters. The second kappa shape index (κ2) is 6.78. The van der Waals surface area contributed by atoms with Crippen LogP contribution >= 0.6 is 0 Å². The number of carbonyl (C=O) groups excluding carboxylic acids is 4. The van der Waals surface area contributed by atoms with Gasteiger partial charge in [0.2, 0.25) is 0 Å². The van der Waals surface area contributed by atoms with E-state index in [1.54, 1.807) is 12.1 Å². The summed E-state index contributed by atoms with van der Waals surface area (Å²) in [5.41, 5.74) is 1.51. The molecule has 2 atom stereocenters. The molecule has 138 valence electrons. The van der Waals surface area contributed by atoms with Crippen LogP contribution in [0.3, 0.4) is 0 Å². The van der Waals surface area contributed by atoms with Gasteiger partial charge in [-0.05, 0) is 30.0 Å². The topological polar surface area (TPSA) is 96.0 Å². The lowest BCUT2D eigenvalue weighted by molar-refractivity contribution is -0.159. The zero-order valence-corrected chi connectivity index (χ0v) is 14.9. The number of rotatable bonds is 2. The van der Waals surface area contributed by atoms with E-state index >= 15 is 0 Å². The number of benzene rings is 1. The molecule has 1 aromatic rings. The highest BCUT2D eigenvalue weighted by Crippen LogP contribution is 2.28. The number of ether oxygens (including phenoxy) is 1. The molecule has 2 fully saturated rings. The predicted octanol–water partition coefficient (Wildman–Crippen LogP) is 1.01. The number of nitrogens with zero attached hydrogens (tertiary/aromatic N) is 2. The zero-order chi connectivity index (χ0) is 19.0. The van der Waals surface area contributed by atoms with Gasteiger partial charge in [-0.2, -0.15) is 0 Å². The molecule has 4 amide bonds. The summed E-state index contributed by atoms with van der Waals surface area (Å²) in [7, 11) is 1.11. The number of imide groups is 1. The number of amides is 4. The van der Waals surface area contributed by atoms with Gasteiger partial charge in [-0.25, -0.2) is 14.5 Å². The molecule has 2 heterocycles. The molecule has 1 N–H and O–H groups in total. The van der Waals surface area contributed by atoms with Gasteiger partial charge in [0, 0.05) is 6.54 Å². The lowest BCUT2D eigenvalue weighted by Crippen LogP contribution is -2.65. The van der Waals surface area contributed by atoms with Crippen LogP contribution in [0.1, 0.15) is 31.7 Å². The normalized spacial score (nSPS) is 22.3. The molecule has 3 rings (SSSR count). The summed E-state index contributed by atoms with van der Waals surface area (Å²) in [4.78, 5) is 51.4. The Hall–Kier alpha value is -2.90. The third-order valence-electron chi connectivity index (χ3n) is 4.82. The number of esters is 1. The lowest BCUT2D eigenvalue weighted by atomic mass is 10.0. The quantitative estimate of drug-likeness (QED) is 0.628. The zero-order valence-electron chi connectivity index (χ0n) is 14.9. The molecule has 0 aliphatic carbocycles. The van der Waals surface area contributed by atoms with E-state index in [1.807, 2.05) is 26.0 Å². The van der Waals surface area contributed by atoms with Gasteiger partial charge in [-0.3, -0.25) is 9.59 Å². The molecule has 0 saturated carbocycles. The number of nitrogens with one attached hydrogen (secondary N) is 1. The van der Waals surface area contributed by atoms with Crippen LogP contribution in [0.2, 0.25) is 0 Å². The minimum absolute atomic E-state index is 0.204. The number of likely N-dealkylation sites (tertiary alicyclic amines) is 1. The van der Waals surface area contributed by atoms with Crippen LogP contribution in [0.15, 0.2) is 24.3 Å². The fourth-order valence-corrected chi connectivity index (χ4v) is 3.39. The largest absolute Gasteiger partial charge is 0.462 e. The van der Waals surface area contributed by atoms with Gasteiger partial charge in [0.1, 0.15) is 6.04 Å². The van der Waals surface area contributed by atoms with E-state index in [2.05, 4.69) is 10.1 Å². The second-order valence-electron chi connectivity index (χ2n) is 6.70. The maximum Gasteiger partial charge on any atom is 0.396 e. The first-order valence-corrected chi connectivity index (χ1v) is 8.48. The first-order chi connectivity index (χ1) is 12.3. The summed E-state index contributed by atoms with van der Waals surface area (Å²) >= 11 is 0. The molecule has 1 aromatic carbocycles. The van der Waals surface area contributed by atoms with Crippen LogP contribution in [0.25, 0.3) is 0 Å². The second-order valence-corrected chi connectivity index (χ2v) is 6.70. The van der Waals surface area contributed by atoms with Crippen molar-refractivity contribution in [2.45, 2.75) is 38.3 Å². The fraction of sp³-hybridized carbons (Fsp3) is 0.444. The standard InChI is InChI=1S/C18H21N3O5/c1-10(2)11-4-6-12(7-5-11)21-15(22)14-13(19-18(21)25)8-9-20(14)16(23)17(24)26-3/h4-7,10,13-14H,8-9H2,1-3H3,(H,19,25)/t13-,14-/m1/s1.